The average Bonchev–Trinajstić information content (AvgIpc) is 2.50. The quantitative estimate of drug-likeness (QED) is 0.565. The summed E-state index contributed by atoms with van der Waals surface area (Å²) in [7, 11) is 0. The summed E-state index contributed by atoms with van der Waals surface area (Å²) in [5.74, 6) is 0. The van der Waals surface area contributed by atoms with Crippen LogP contribution < -0.4 is 5.32 Å². The minimum absolute atomic E-state index is 0.392. The summed E-state index contributed by atoms with van der Waals surface area (Å²) in [5.41, 5.74) is 1.13. The highest BCUT2D eigenvalue weighted by molar-refractivity contribution is 5.04. The van der Waals surface area contributed by atoms with Crippen LogP contribution in [0.1, 0.15) is 83.4 Å². The number of nitrogens with zero attached hydrogens (tertiary/aromatic N) is 2. The predicted octanol–water partition coefficient (Wildman–Crippen LogP) is 4.66. The van der Waals surface area contributed by atoms with Crippen molar-refractivity contribution in [2.45, 2.75) is 77.7 Å². The van der Waals surface area contributed by atoms with Gasteiger partial charge in [-0.1, -0.05) is 65.2 Å². The molecule has 0 spiro atoms. The molecule has 0 radical (unpaired) electrons. The van der Waals surface area contributed by atoms with Crippen LogP contribution >= 0.6 is 0 Å². The van der Waals surface area contributed by atoms with E-state index >= 15 is 0 Å². The van der Waals surface area contributed by atoms with Crippen LogP contribution in [-0.2, 0) is 0 Å². The molecule has 1 aromatic rings. The van der Waals surface area contributed by atoms with E-state index in [-0.39, 0.29) is 0 Å². The van der Waals surface area contributed by atoms with Crippen LogP contribution in [0.3, 0.4) is 0 Å². The molecule has 1 aromatic heterocycles. The van der Waals surface area contributed by atoms with Crippen molar-refractivity contribution in [2.24, 2.45) is 0 Å². The van der Waals surface area contributed by atoms with Crippen LogP contribution in [0.4, 0.5) is 0 Å². The Kier molecular flexibility index (Phi) is 10.1. The van der Waals surface area contributed by atoms with E-state index in [1.165, 1.54) is 57.8 Å². The molecular formula is C17H31N3. The highest BCUT2D eigenvalue weighted by Crippen LogP contribution is 2.18. The lowest BCUT2D eigenvalue weighted by Gasteiger charge is -2.16. The SMILES string of the molecule is CCCCCCCCCCC(NCC)c1ccncn1. The molecule has 0 amide bonds. The van der Waals surface area contributed by atoms with Gasteiger partial charge >= 0.3 is 0 Å². The minimum atomic E-state index is 0.392. The molecule has 1 heterocycles. The van der Waals surface area contributed by atoms with E-state index in [0.29, 0.717) is 6.04 Å². The van der Waals surface area contributed by atoms with Gasteiger partial charge in [-0.05, 0) is 19.0 Å². The first-order valence-electron chi connectivity index (χ1n) is 8.37. The molecule has 0 aliphatic rings. The second kappa shape index (κ2) is 11.8. The predicted molar refractivity (Wildman–Crippen MR) is 85.7 cm³/mol. The van der Waals surface area contributed by atoms with E-state index in [1.807, 2.05) is 12.3 Å². The lowest BCUT2D eigenvalue weighted by molar-refractivity contribution is 0.466. The molecule has 0 saturated carbocycles. The van der Waals surface area contributed by atoms with Crippen molar-refractivity contribution in [3.8, 4) is 0 Å². The van der Waals surface area contributed by atoms with Gasteiger partial charge in [-0.25, -0.2) is 9.97 Å². The highest BCUT2D eigenvalue weighted by atomic mass is 14.9. The zero-order chi connectivity index (χ0) is 14.5. The van der Waals surface area contributed by atoms with E-state index in [9.17, 15) is 0 Å². The van der Waals surface area contributed by atoms with Gasteiger partial charge in [0, 0.05) is 12.2 Å². The lowest BCUT2D eigenvalue weighted by atomic mass is 10.0. The lowest BCUT2D eigenvalue weighted by Crippen LogP contribution is -2.21. The standard InChI is InChI=1S/C17H31N3/c1-3-5-6-7-8-9-10-11-12-16(19-4-2)17-13-14-18-15-20-17/h13-16,19H,3-12H2,1-2H3. The summed E-state index contributed by atoms with van der Waals surface area (Å²) in [4.78, 5) is 8.37. The summed E-state index contributed by atoms with van der Waals surface area (Å²) in [5, 5.41) is 3.53. The molecule has 20 heavy (non-hydrogen) atoms. The molecule has 1 atom stereocenters. The van der Waals surface area contributed by atoms with Crippen molar-refractivity contribution in [3.63, 3.8) is 0 Å². The number of hydrogen-bond acceptors (Lipinski definition) is 3. The maximum absolute atomic E-state index is 4.37. The van der Waals surface area contributed by atoms with Gasteiger partial charge in [-0.3, -0.25) is 0 Å². The Bertz CT molecular complexity index is 313. The second-order valence-electron chi connectivity index (χ2n) is 5.51. The summed E-state index contributed by atoms with van der Waals surface area (Å²) in [6, 6.07) is 2.42. The average molecular weight is 277 g/mol. The van der Waals surface area contributed by atoms with Gasteiger partial charge in [0.05, 0.1) is 5.69 Å². The number of unbranched alkanes of at least 4 members (excludes halogenated alkanes) is 7. The van der Waals surface area contributed by atoms with Crippen LogP contribution in [0, 0.1) is 0 Å². The van der Waals surface area contributed by atoms with Gasteiger partial charge < -0.3 is 5.32 Å². The van der Waals surface area contributed by atoms with Crippen LogP contribution in [0.15, 0.2) is 18.6 Å². The number of hydrogen-bond donors (Lipinski definition) is 1. The Morgan fingerprint density at radius 1 is 1.00 bits per heavy atom. The molecule has 0 bridgehead atoms. The summed E-state index contributed by atoms with van der Waals surface area (Å²) in [6.45, 7) is 5.42. The first kappa shape index (κ1) is 17.1. The van der Waals surface area contributed by atoms with Crippen molar-refractivity contribution in [3.05, 3.63) is 24.3 Å². The Morgan fingerprint density at radius 2 is 1.70 bits per heavy atom. The van der Waals surface area contributed by atoms with E-state index < -0.39 is 0 Å². The minimum Gasteiger partial charge on any atom is -0.309 e. The van der Waals surface area contributed by atoms with E-state index in [0.717, 1.165) is 12.2 Å². The molecule has 0 saturated heterocycles. The van der Waals surface area contributed by atoms with E-state index in [1.54, 1.807) is 6.33 Å². The normalized spacial score (nSPS) is 12.5. The first-order chi connectivity index (χ1) is 9.88. The van der Waals surface area contributed by atoms with Gasteiger partial charge in [0.2, 0.25) is 0 Å². The second-order valence-corrected chi connectivity index (χ2v) is 5.51. The Balaban J connectivity index is 2.14. The molecule has 0 aromatic carbocycles. The number of rotatable bonds is 12. The number of aromatic nitrogens is 2. The molecular weight excluding hydrogens is 246 g/mol. The maximum Gasteiger partial charge on any atom is 0.115 e. The van der Waals surface area contributed by atoms with Crippen LogP contribution in [0.2, 0.25) is 0 Å². The first-order valence-corrected chi connectivity index (χ1v) is 8.37. The zero-order valence-electron chi connectivity index (χ0n) is 13.3. The number of nitrogens with one attached hydrogen (secondary N) is 1. The van der Waals surface area contributed by atoms with Crippen LogP contribution in [0.5, 0.6) is 0 Å². The Labute approximate surface area is 124 Å². The summed E-state index contributed by atoms with van der Waals surface area (Å²) >= 11 is 0. The van der Waals surface area contributed by atoms with Crippen molar-refractivity contribution in [1.29, 1.82) is 0 Å². The van der Waals surface area contributed by atoms with Crippen molar-refractivity contribution < 1.29 is 0 Å². The van der Waals surface area contributed by atoms with Crippen LogP contribution in [0.25, 0.3) is 0 Å². The molecule has 1 N–H and O–H groups in total. The molecule has 0 aliphatic heterocycles. The summed E-state index contributed by atoms with van der Waals surface area (Å²) < 4.78 is 0. The zero-order valence-corrected chi connectivity index (χ0v) is 13.3. The van der Waals surface area contributed by atoms with Gasteiger partial charge in [-0.2, -0.15) is 0 Å². The molecule has 0 fully saturated rings. The molecule has 0 aliphatic carbocycles. The van der Waals surface area contributed by atoms with Crippen molar-refractivity contribution in [1.82, 2.24) is 15.3 Å². The molecule has 1 unspecified atom stereocenters. The summed E-state index contributed by atoms with van der Waals surface area (Å²) in [6.07, 6.45) is 15.6. The topological polar surface area (TPSA) is 37.8 Å². The third-order valence-corrected chi connectivity index (χ3v) is 3.76. The maximum atomic E-state index is 4.37. The molecule has 1 rings (SSSR count). The largest absolute Gasteiger partial charge is 0.309 e. The van der Waals surface area contributed by atoms with Crippen molar-refractivity contribution >= 4 is 0 Å². The van der Waals surface area contributed by atoms with Gasteiger partial charge in [0.15, 0.2) is 0 Å². The van der Waals surface area contributed by atoms with Gasteiger partial charge in [0.1, 0.15) is 6.33 Å². The third kappa shape index (κ3) is 7.59. The molecule has 3 heteroatoms. The van der Waals surface area contributed by atoms with Crippen LogP contribution in [-0.4, -0.2) is 16.5 Å². The highest BCUT2D eigenvalue weighted by Gasteiger charge is 2.10. The molecule has 3 nitrogen and oxygen atoms in total. The fourth-order valence-electron chi connectivity index (χ4n) is 2.59. The van der Waals surface area contributed by atoms with Gasteiger partial charge in [-0.15, -0.1) is 0 Å². The Morgan fingerprint density at radius 3 is 2.30 bits per heavy atom. The molecule has 114 valence electrons. The Hall–Kier alpha value is -0.960. The van der Waals surface area contributed by atoms with E-state index in [4.69, 9.17) is 0 Å². The smallest absolute Gasteiger partial charge is 0.115 e. The third-order valence-electron chi connectivity index (χ3n) is 3.76. The van der Waals surface area contributed by atoms with E-state index in [2.05, 4.69) is 29.1 Å². The monoisotopic (exact) mass is 277 g/mol. The fourth-order valence-corrected chi connectivity index (χ4v) is 2.59. The fraction of sp³-hybridized carbons (Fsp3) is 0.765. The van der Waals surface area contributed by atoms with Gasteiger partial charge in [0.25, 0.3) is 0 Å². The van der Waals surface area contributed by atoms with Crippen molar-refractivity contribution in [2.75, 3.05) is 6.54 Å².